The van der Waals surface area contributed by atoms with Crippen LogP contribution in [0.25, 0.3) is 0 Å². The molecule has 0 aromatic carbocycles. The number of carboxylic acid groups (broad SMARTS) is 1. The number of methoxy groups -OCH3 is 1. The number of rotatable bonds is 8. The Morgan fingerprint density at radius 3 is 3.00 bits per heavy atom. The number of aromatic nitrogens is 1. The SMILES string of the molecule is CCCCC(NCc1cccnc1OC)C(=O)O. The first-order chi connectivity index (χ1) is 8.69. The summed E-state index contributed by atoms with van der Waals surface area (Å²) in [5.41, 5.74) is 0.864. The van der Waals surface area contributed by atoms with Crippen LogP contribution in [-0.2, 0) is 11.3 Å². The van der Waals surface area contributed by atoms with Crippen molar-refractivity contribution in [2.45, 2.75) is 38.8 Å². The summed E-state index contributed by atoms with van der Waals surface area (Å²) in [6, 6.07) is 3.16. The number of nitrogens with zero attached hydrogens (tertiary/aromatic N) is 1. The van der Waals surface area contributed by atoms with E-state index in [1.54, 1.807) is 19.4 Å². The van der Waals surface area contributed by atoms with E-state index in [0.29, 0.717) is 18.8 Å². The first-order valence-electron chi connectivity index (χ1n) is 6.13. The molecule has 5 nitrogen and oxygen atoms in total. The van der Waals surface area contributed by atoms with Crippen molar-refractivity contribution >= 4 is 5.97 Å². The van der Waals surface area contributed by atoms with Crippen LogP contribution in [0.3, 0.4) is 0 Å². The molecule has 0 aliphatic heterocycles. The number of hydrogen-bond donors (Lipinski definition) is 2. The van der Waals surface area contributed by atoms with Crippen LogP contribution in [0.4, 0.5) is 0 Å². The lowest BCUT2D eigenvalue weighted by Gasteiger charge is -2.14. The van der Waals surface area contributed by atoms with Gasteiger partial charge in [0.1, 0.15) is 6.04 Å². The molecule has 0 amide bonds. The molecular weight excluding hydrogens is 232 g/mol. The molecule has 0 fully saturated rings. The molecule has 0 aliphatic carbocycles. The minimum Gasteiger partial charge on any atom is -0.481 e. The van der Waals surface area contributed by atoms with Crippen molar-refractivity contribution in [1.29, 1.82) is 0 Å². The highest BCUT2D eigenvalue weighted by Crippen LogP contribution is 2.13. The van der Waals surface area contributed by atoms with Gasteiger partial charge >= 0.3 is 5.97 Å². The Labute approximate surface area is 107 Å². The van der Waals surface area contributed by atoms with Crippen LogP contribution in [0.1, 0.15) is 31.7 Å². The molecule has 0 spiro atoms. The average Bonchev–Trinajstić information content (AvgIpc) is 2.38. The maximum Gasteiger partial charge on any atom is 0.320 e. The molecule has 0 saturated heterocycles. The summed E-state index contributed by atoms with van der Waals surface area (Å²) in [6.07, 6.45) is 4.17. The fraction of sp³-hybridized carbons (Fsp3) is 0.538. The molecule has 1 heterocycles. The molecule has 1 rings (SSSR count). The van der Waals surface area contributed by atoms with E-state index in [4.69, 9.17) is 9.84 Å². The molecule has 0 bridgehead atoms. The van der Waals surface area contributed by atoms with E-state index in [1.807, 2.05) is 13.0 Å². The topological polar surface area (TPSA) is 71.5 Å². The van der Waals surface area contributed by atoms with E-state index in [-0.39, 0.29) is 0 Å². The maximum absolute atomic E-state index is 11.1. The second-order valence-electron chi connectivity index (χ2n) is 4.09. The van der Waals surface area contributed by atoms with Crippen LogP contribution in [0.15, 0.2) is 18.3 Å². The molecule has 2 N–H and O–H groups in total. The number of carboxylic acids is 1. The summed E-state index contributed by atoms with van der Waals surface area (Å²) in [6.45, 7) is 2.49. The standard InChI is InChI=1S/C13H20N2O3/c1-3-4-7-11(13(16)17)15-9-10-6-5-8-14-12(10)18-2/h5-6,8,11,15H,3-4,7,9H2,1-2H3,(H,16,17). The number of hydrogen-bond acceptors (Lipinski definition) is 4. The number of carbonyl (C=O) groups is 1. The van der Waals surface area contributed by atoms with Gasteiger partial charge in [-0.1, -0.05) is 25.8 Å². The van der Waals surface area contributed by atoms with Gasteiger partial charge in [0.05, 0.1) is 7.11 Å². The first kappa shape index (κ1) is 14.4. The first-order valence-corrected chi connectivity index (χ1v) is 6.13. The average molecular weight is 252 g/mol. The van der Waals surface area contributed by atoms with Gasteiger partial charge in [-0.05, 0) is 12.5 Å². The summed E-state index contributed by atoms with van der Waals surface area (Å²) in [5.74, 6) is -0.282. The van der Waals surface area contributed by atoms with Gasteiger partial charge in [-0.25, -0.2) is 4.98 Å². The number of aliphatic carboxylic acids is 1. The number of unbranched alkanes of at least 4 members (excludes halogenated alkanes) is 1. The predicted octanol–water partition coefficient (Wildman–Crippen LogP) is 1.82. The highest BCUT2D eigenvalue weighted by atomic mass is 16.5. The summed E-state index contributed by atoms with van der Waals surface area (Å²) >= 11 is 0. The van der Waals surface area contributed by atoms with Crippen molar-refractivity contribution in [1.82, 2.24) is 10.3 Å². The maximum atomic E-state index is 11.1. The van der Waals surface area contributed by atoms with Crippen LogP contribution >= 0.6 is 0 Å². The number of nitrogens with one attached hydrogen (secondary N) is 1. The molecule has 1 aromatic rings. The highest BCUT2D eigenvalue weighted by molar-refractivity contribution is 5.73. The van der Waals surface area contributed by atoms with Gasteiger partial charge < -0.3 is 15.2 Å². The van der Waals surface area contributed by atoms with Crippen LogP contribution < -0.4 is 10.1 Å². The quantitative estimate of drug-likeness (QED) is 0.738. The lowest BCUT2D eigenvalue weighted by Crippen LogP contribution is -2.36. The second kappa shape index (κ2) is 7.66. The third-order valence-corrected chi connectivity index (χ3v) is 2.73. The molecule has 1 atom stereocenters. The Kier molecular flexibility index (Phi) is 6.14. The van der Waals surface area contributed by atoms with Crippen molar-refractivity contribution in [3.8, 4) is 5.88 Å². The van der Waals surface area contributed by atoms with E-state index < -0.39 is 12.0 Å². The Balaban J connectivity index is 2.58. The Bertz CT molecular complexity index is 382. The van der Waals surface area contributed by atoms with Crippen molar-refractivity contribution in [3.63, 3.8) is 0 Å². The monoisotopic (exact) mass is 252 g/mol. The zero-order valence-corrected chi connectivity index (χ0v) is 10.8. The van der Waals surface area contributed by atoms with Gasteiger partial charge in [0.25, 0.3) is 0 Å². The molecule has 0 saturated carbocycles. The van der Waals surface area contributed by atoms with Crippen molar-refractivity contribution in [2.24, 2.45) is 0 Å². The fourth-order valence-electron chi connectivity index (χ4n) is 1.70. The van der Waals surface area contributed by atoms with Crippen LogP contribution in [0, 0.1) is 0 Å². The number of pyridine rings is 1. The lowest BCUT2D eigenvalue weighted by atomic mass is 10.1. The number of ether oxygens (including phenoxy) is 1. The van der Waals surface area contributed by atoms with E-state index >= 15 is 0 Å². The van der Waals surface area contributed by atoms with Gasteiger partial charge in [-0.2, -0.15) is 0 Å². The molecular formula is C13H20N2O3. The molecule has 1 unspecified atom stereocenters. The lowest BCUT2D eigenvalue weighted by molar-refractivity contribution is -0.139. The summed E-state index contributed by atoms with van der Waals surface area (Å²) in [7, 11) is 1.55. The third kappa shape index (κ3) is 4.33. The minimum absolute atomic E-state index is 0.442. The van der Waals surface area contributed by atoms with E-state index in [9.17, 15) is 4.79 Å². The van der Waals surface area contributed by atoms with Crippen molar-refractivity contribution in [3.05, 3.63) is 23.9 Å². The van der Waals surface area contributed by atoms with Gasteiger partial charge in [-0.3, -0.25) is 4.79 Å². The third-order valence-electron chi connectivity index (χ3n) is 2.73. The van der Waals surface area contributed by atoms with E-state index in [1.165, 1.54) is 0 Å². The fourth-order valence-corrected chi connectivity index (χ4v) is 1.70. The van der Waals surface area contributed by atoms with E-state index in [2.05, 4.69) is 10.3 Å². The molecule has 100 valence electrons. The molecule has 0 radical (unpaired) electrons. The molecule has 18 heavy (non-hydrogen) atoms. The molecule has 5 heteroatoms. The van der Waals surface area contributed by atoms with Crippen molar-refractivity contribution in [2.75, 3.05) is 7.11 Å². The van der Waals surface area contributed by atoms with Crippen LogP contribution in [0.2, 0.25) is 0 Å². The second-order valence-corrected chi connectivity index (χ2v) is 4.09. The Morgan fingerprint density at radius 2 is 2.39 bits per heavy atom. The minimum atomic E-state index is -0.814. The van der Waals surface area contributed by atoms with Crippen LogP contribution in [-0.4, -0.2) is 29.2 Å². The van der Waals surface area contributed by atoms with Gasteiger partial charge in [0.2, 0.25) is 5.88 Å². The Hall–Kier alpha value is -1.62. The van der Waals surface area contributed by atoms with Gasteiger partial charge in [0, 0.05) is 18.3 Å². The molecule has 1 aromatic heterocycles. The summed E-state index contributed by atoms with van der Waals surface area (Å²) in [4.78, 5) is 15.1. The zero-order chi connectivity index (χ0) is 13.4. The summed E-state index contributed by atoms with van der Waals surface area (Å²) < 4.78 is 5.12. The highest BCUT2D eigenvalue weighted by Gasteiger charge is 2.16. The van der Waals surface area contributed by atoms with Gasteiger partial charge in [0.15, 0.2) is 0 Å². The summed E-state index contributed by atoms with van der Waals surface area (Å²) in [5, 5.41) is 12.1. The van der Waals surface area contributed by atoms with E-state index in [0.717, 1.165) is 18.4 Å². The zero-order valence-electron chi connectivity index (χ0n) is 10.8. The van der Waals surface area contributed by atoms with Gasteiger partial charge in [-0.15, -0.1) is 0 Å². The molecule has 0 aliphatic rings. The van der Waals surface area contributed by atoms with Crippen molar-refractivity contribution < 1.29 is 14.6 Å². The van der Waals surface area contributed by atoms with Crippen LogP contribution in [0.5, 0.6) is 5.88 Å². The Morgan fingerprint density at radius 1 is 1.61 bits per heavy atom. The normalized spacial score (nSPS) is 12.1. The smallest absolute Gasteiger partial charge is 0.320 e. The predicted molar refractivity (Wildman–Crippen MR) is 68.6 cm³/mol. The largest absolute Gasteiger partial charge is 0.481 e.